The molecular formula is C28H39FN2O4. The van der Waals surface area contributed by atoms with E-state index >= 15 is 0 Å². The fourth-order valence-corrected chi connectivity index (χ4v) is 3.77. The van der Waals surface area contributed by atoms with E-state index in [9.17, 15) is 14.0 Å². The van der Waals surface area contributed by atoms with Crippen molar-refractivity contribution in [3.8, 4) is 11.5 Å². The van der Waals surface area contributed by atoms with E-state index in [2.05, 4.69) is 5.32 Å². The summed E-state index contributed by atoms with van der Waals surface area (Å²) >= 11 is 0. The number of amides is 2. The molecule has 0 aromatic heterocycles. The van der Waals surface area contributed by atoms with Crippen LogP contribution in [0, 0.1) is 11.7 Å². The number of rotatable bonds is 14. The quantitative estimate of drug-likeness (QED) is 0.402. The van der Waals surface area contributed by atoms with Gasteiger partial charge in [0.05, 0.1) is 13.2 Å². The maximum absolute atomic E-state index is 13.4. The fourth-order valence-electron chi connectivity index (χ4n) is 3.77. The smallest absolute Gasteiger partial charge is 0.242 e. The van der Waals surface area contributed by atoms with E-state index in [4.69, 9.17) is 9.47 Å². The average Bonchev–Trinajstić information content (AvgIpc) is 2.84. The zero-order valence-electron chi connectivity index (χ0n) is 21.6. The van der Waals surface area contributed by atoms with Gasteiger partial charge in [0.25, 0.3) is 0 Å². The van der Waals surface area contributed by atoms with Gasteiger partial charge >= 0.3 is 0 Å². The van der Waals surface area contributed by atoms with E-state index in [0.717, 1.165) is 11.1 Å². The molecule has 6 nitrogen and oxygen atoms in total. The zero-order chi connectivity index (χ0) is 25.8. The number of carbonyl (C=O) groups is 2. The number of halogens is 1. The molecule has 0 aliphatic heterocycles. The van der Waals surface area contributed by atoms with Gasteiger partial charge in [-0.3, -0.25) is 9.59 Å². The summed E-state index contributed by atoms with van der Waals surface area (Å²) in [7, 11) is 0. The number of aryl methyl sites for hydroxylation is 1. The van der Waals surface area contributed by atoms with Crippen LogP contribution < -0.4 is 14.8 Å². The molecule has 0 saturated carbocycles. The molecule has 1 N–H and O–H groups in total. The Kier molecular flexibility index (Phi) is 11.5. The van der Waals surface area contributed by atoms with Crippen LogP contribution in [0.1, 0.15) is 58.6 Å². The molecule has 35 heavy (non-hydrogen) atoms. The van der Waals surface area contributed by atoms with Gasteiger partial charge in [-0.1, -0.05) is 39.0 Å². The number of hydrogen-bond donors (Lipinski definition) is 1. The van der Waals surface area contributed by atoms with Crippen LogP contribution in [0.2, 0.25) is 0 Å². The van der Waals surface area contributed by atoms with E-state index in [-0.39, 0.29) is 30.6 Å². The number of carbonyl (C=O) groups excluding carboxylic acids is 2. The minimum Gasteiger partial charge on any atom is -0.490 e. The maximum Gasteiger partial charge on any atom is 0.242 e. The first-order chi connectivity index (χ1) is 16.8. The first-order valence-electron chi connectivity index (χ1n) is 12.5. The van der Waals surface area contributed by atoms with Crippen LogP contribution in [-0.2, 0) is 22.6 Å². The number of hydrogen-bond acceptors (Lipinski definition) is 4. The lowest BCUT2D eigenvalue weighted by molar-refractivity contribution is -0.141. The zero-order valence-corrected chi connectivity index (χ0v) is 21.6. The molecule has 2 aromatic carbocycles. The Morgan fingerprint density at radius 1 is 0.943 bits per heavy atom. The second kappa shape index (κ2) is 14.3. The van der Waals surface area contributed by atoms with Gasteiger partial charge in [-0.05, 0) is 68.0 Å². The molecule has 0 radical (unpaired) electrons. The van der Waals surface area contributed by atoms with Gasteiger partial charge in [-0.15, -0.1) is 0 Å². The molecule has 0 bridgehead atoms. The minimum absolute atomic E-state index is 0.132. The lowest BCUT2D eigenvalue weighted by atomic mass is 10.1. The molecular weight excluding hydrogens is 447 g/mol. The minimum atomic E-state index is -0.606. The molecule has 7 heteroatoms. The molecule has 1 atom stereocenters. The molecule has 0 fully saturated rings. The standard InChI is InChI=1S/C28H39FN2O4/c1-6-24(28(33)30-18-20(4)5)31(19-22-9-13-23(29)14-10-22)27(32)16-12-21-11-15-25(34-7-2)26(17-21)35-8-3/h9-11,13-15,17,20,24H,6-8,12,16,18-19H2,1-5H3,(H,30,33)/t24-/m0/s1. The van der Waals surface area contributed by atoms with Crippen LogP contribution in [0.15, 0.2) is 42.5 Å². The summed E-state index contributed by atoms with van der Waals surface area (Å²) in [4.78, 5) is 28.0. The highest BCUT2D eigenvalue weighted by atomic mass is 19.1. The summed E-state index contributed by atoms with van der Waals surface area (Å²) in [5.74, 6) is 0.993. The van der Waals surface area contributed by atoms with Gasteiger partial charge < -0.3 is 19.7 Å². The molecule has 0 aliphatic rings. The van der Waals surface area contributed by atoms with Crippen LogP contribution in [0.4, 0.5) is 4.39 Å². The number of nitrogens with one attached hydrogen (secondary N) is 1. The largest absolute Gasteiger partial charge is 0.490 e. The number of benzene rings is 2. The van der Waals surface area contributed by atoms with E-state index < -0.39 is 6.04 Å². The van der Waals surface area contributed by atoms with Gasteiger partial charge in [-0.25, -0.2) is 4.39 Å². The van der Waals surface area contributed by atoms with E-state index in [1.807, 2.05) is 52.8 Å². The normalized spacial score (nSPS) is 11.7. The summed E-state index contributed by atoms with van der Waals surface area (Å²) < 4.78 is 24.7. The average molecular weight is 487 g/mol. The lowest BCUT2D eigenvalue weighted by Gasteiger charge is -2.31. The van der Waals surface area contributed by atoms with E-state index in [1.165, 1.54) is 12.1 Å². The first kappa shape index (κ1) is 28.1. The predicted molar refractivity (Wildman–Crippen MR) is 136 cm³/mol. The lowest BCUT2D eigenvalue weighted by Crippen LogP contribution is -2.49. The predicted octanol–water partition coefficient (Wildman–Crippen LogP) is 5.14. The van der Waals surface area contributed by atoms with Crippen LogP contribution in [-0.4, -0.2) is 42.5 Å². The molecule has 0 aliphatic carbocycles. The van der Waals surface area contributed by atoms with Gasteiger partial charge in [0.1, 0.15) is 11.9 Å². The van der Waals surface area contributed by atoms with Crippen molar-refractivity contribution in [2.45, 2.75) is 66.5 Å². The summed E-state index contributed by atoms with van der Waals surface area (Å²) in [6.07, 6.45) is 1.21. The van der Waals surface area contributed by atoms with Crippen molar-refractivity contribution in [1.29, 1.82) is 0 Å². The van der Waals surface area contributed by atoms with Crippen LogP contribution in [0.3, 0.4) is 0 Å². The third-order valence-electron chi connectivity index (χ3n) is 5.57. The fraction of sp³-hybridized carbons (Fsp3) is 0.500. The van der Waals surface area contributed by atoms with Crippen molar-refractivity contribution in [3.05, 3.63) is 59.4 Å². The highest BCUT2D eigenvalue weighted by Crippen LogP contribution is 2.29. The first-order valence-corrected chi connectivity index (χ1v) is 12.5. The summed E-state index contributed by atoms with van der Waals surface area (Å²) in [6.45, 7) is 11.6. The van der Waals surface area contributed by atoms with Gasteiger partial charge in [0, 0.05) is 19.5 Å². The molecule has 0 heterocycles. The Hall–Kier alpha value is -3.09. The van der Waals surface area contributed by atoms with Crippen LogP contribution in [0.5, 0.6) is 11.5 Å². The Labute approximate surface area is 208 Å². The van der Waals surface area contributed by atoms with E-state index in [1.54, 1.807) is 17.0 Å². The molecule has 0 unspecified atom stereocenters. The van der Waals surface area contributed by atoms with Crippen molar-refractivity contribution in [1.82, 2.24) is 10.2 Å². The van der Waals surface area contributed by atoms with Gasteiger partial charge in [0.15, 0.2) is 11.5 Å². The van der Waals surface area contributed by atoms with Gasteiger partial charge in [-0.2, -0.15) is 0 Å². The van der Waals surface area contributed by atoms with Crippen molar-refractivity contribution < 1.29 is 23.5 Å². The third kappa shape index (κ3) is 8.89. The monoisotopic (exact) mass is 486 g/mol. The van der Waals surface area contributed by atoms with Crippen molar-refractivity contribution >= 4 is 11.8 Å². The highest BCUT2D eigenvalue weighted by Gasteiger charge is 2.28. The van der Waals surface area contributed by atoms with Crippen molar-refractivity contribution in [3.63, 3.8) is 0 Å². The second-order valence-electron chi connectivity index (χ2n) is 8.86. The van der Waals surface area contributed by atoms with Crippen molar-refractivity contribution in [2.24, 2.45) is 5.92 Å². The molecule has 2 aromatic rings. The highest BCUT2D eigenvalue weighted by molar-refractivity contribution is 5.87. The van der Waals surface area contributed by atoms with Gasteiger partial charge in [0.2, 0.25) is 11.8 Å². The maximum atomic E-state index is 13.4. The Bertz CT molecular complexity index is 946. The Balaban J connectivity index is 2.21. The molecule has 192 valence electrons. The summed E-state index contributed by atoms with van der Waals surface area (Å²) in [5, 5.41) is 2.95. The Morgan fingerprint density at radius 3 is 2.17 bits per heavy atom. The molecule has 0 spiro atoms. The number of ether oxygens (including phenoxy) is 2. The van der Waals surface area contributed by atoms with Crippen LogP contribution in [0.25, 0.3) is 0 Å². The third-order valence-corrected chi connectivity index (χ3v) is 5.57. The summed E-state index contributed by atoms with van der Waals surface area (Å²) in [6, 6.07) is 11.1. The SMILES string of the molecule is CCOc1ccc(CCC(=O)N(Cc2ccc(F)cc2)[C@@H](CC)C(=O)NCC(C)C)cc1OCC. The topological polar surface area (TPSA) is 67.9 Å². The molecule has 2 amide bonds. The molecule has 2 rings (SSSR count). The molecule has 0 saturated heterocycles. The summed E-state index contributed by atoms with van der Waals surface area (Å²) in [5.41, 5.74) is 1.72. The van der Waals surface area contributed by atoms with Crippen LogP contribution >= 0.6 is 0 Å². The number of nitrogens with zero attached hydrogens (tertiary/aromatic N) is 1. The van der Waals surface area contributed by atoms with E-state index in [0.29, 0.717) is 50.0 Å². The van der Waals surface area contributed by atoms with Crippen molar-refractivity contribution in [2.75, 3.05) is 19.8 Å². The second-order valence-corrected chi connectivity index (χ2v) is 8.86. The Morgan fingerprint density at radius 2 is 1.57 bits per heavy atom.